The standard InChI is InChI=1S/C26H20N2O6S/c29-24(27-18-9-10-21-22(15-18)33-12-11-32-21)16-28-25(30)23(35-26(28)31)14-17-5-4-8-20(13-17)34-19-6-2-1-3-7-19/h1-10,13-15H,11-12,16H2,(H,27,29)/b23-14+. The van der Waals surface area contributed by atoms with E-state index in [9.17, 15) is 14.4 Å². The highest BCUT2D eigenvalue weighted by atomic mass is 32.2. The molecule has 2 heterocycles. The second kappa shape index (κ2) is 9.94. The van der Waals surface area contributed by atoms with Crippen LogP contribution in [0.25, 0.3) is 6.08 Å². The molecule has 1 N–H and O–H groups in total. The minimum Gasteiger partial charge on any atom is -0.486 e. The Kier molecular flexibility index (Phi) is 6.40. The van der Waals surface area contributed by atoms with Crippen molar-refractivity contribution in [1.82, 2.24) is 4.90 Å². The number of rotatable bonds is 6. The van der Waals surface area contributed by atoms with Crippen molar-refractivity contribution in [3.63, 3.8) is 0 Å². The van der Waals surface area contributed by atoms with Crippen molar-refractivity contribution < 1.29 is 28.6 Å². The van der Waals surface area contributed by atoms with Crippen molar-refractivity contribution >= 4 is 40.6 Å². The molecule has 0 radical (unpaired) electrons. The maximum Gasteiger partial charge on any atom is 0.294 e. The Morgan fingerprint density at radius 3 is 2.54 bits per heavy atom. The topological polar surface area (TPSA) is 94.2 Å². The summed E-state index contributed by atoms with van der Waals surface area (Å²) >= 11 is 0.795. The normalized spacial score (nSPS) is 15.9. The minimum absolute atomic E-state index is 0.235. The molecular formula is C26H20N2O6S. The van der Waals surface area contributed by atoms with E-state index in [0.29, 0.717) is 47.5 Å². The lowest BCUT2D eigenvalue weighted by Gasteiger charge is -2.19. The van der Waals surface area contributed by atoms with Gasteiger partial charge in [-0.05, 0) is 59.8 Å². The van der Waals surface area contributed by atoms with Crippen LogP contribution in [0.3, 0.4) is 0 Å². The zero-order valence-electron chi connectivity index (χ0n) is 18.4. The van der Waals surface area contributed by atoms with Crippen LogP contribution in [0, 0.1) is 0 Å². The van der Waals surface area contributed by atoms with Gasteiger partial charge in [-0.2, -0.15) is 0 Å². The van der Waals surface area contributed by atoms with Crippen LogP contribution in [-0.2, 0) is 9.59 Å². The molecule has 2 aliphatic rings. The van der Waals surface area contributed by atoms with Gasteiger partial charge in [0.05, 0.1) is 4.91 Å². The van der Waals surface area contributed by atoms with E-state index in [0.717, 1.165) is 16.7 Å². The number of benzene rings is 3. The lowest BCUT2D eigenvalue weighted by atomic mass is 10.2. The summed E-state index contributed by atoms with van der Waals surface area (Å²) < 4.78 is 16.8. The quantitative estimate of drug-likeness (QED) is 0.492. The van der Waals surface area contributed by atoms with E-state index >= 15 is 0 Å². The second-order valence-electron chi connectivity index (χ2n) is 7.66. The Morgan fingerprint density at radius 1 is 0.943 bits per heavy atom. The Bertz CT molecular complexity index is 1320. The number of para-hydroxylation sites is 1. The zero-order chi connectivity index (χ0) is 24.2. The molecule has 8 nitrogen and oxygen atoms in total. The summed E-state index contributed by atoms with van der Waals surface area (Å²) in [6, 6.07) is 21.5. The molecule has 0 aromatic heterocycles. The number of carbonyl (C=O) groups is 3. The first-order valence-electron chi connectivity index (χ1n) is 10.8. The van der Waals surface area contributed by atoms with Crippen molar-refractivity contribution in [2.75, 3.05) is 25.1 Å². The number of nitrogens with one attached hydrogen (secondary N) is 1. The summed E-state index contributed by atoms with van der Waals surface area (Å²) in [5.74, 6) is 1.40. The van der Waals surface area contributed by atoms with Crippen LogP contribution in [-0.4, -0.2) is 41.7 Å². The molecule has 35 heavy (non-hydrogen) atoms. The number of nitrogens with zero attached hydrogens (tertiary/aromatic N) is 1. The van der Waals surface area contributed by atoms with Crippen LogP contribution in [0.2, 0.25) is 0 Å². The van der Waals surface area contributed by atoms with E-state index < -0.39 is 23.6 Å². The van der Waals surface area contributed by atoms with Crippen LogP contribution in [0.4, 0.5) is 10.5 Å². The van der Waals surface area contributed by atoms with E-state index in [1.165, 1.54) is 0 Å². The fraction of sp³-hybridized carbons (Fsp3) is 0.115. The van der Waals surface area contributed by atoms with Crippen LogP contribution < -0.4 is 19.5 Å². The van der Waals surface area contributed by atoms with E-state index in [2.05, 4.69) is 5.32 Å². The largest absolute Gasteiger partial charge is 0.486 e. The van der Waals surface area contributed by atoms with E-state index in [4.69, 9.17) is 14.2 Å². The molecule has 3 aromatic rings. The molecular weight excluding hydrogens is 468 g/mol. The fourth-order valence-corrected chi connectivity index (χ4v) is 4.38. The average Bonchev–Trinajstić information content (AvgIpc) is 3.12. The third-order valence-corrected chi connectivity index (χ3v) is 6.04. The van der Waals surface area contributed by atoms with Crippen molar-refractivity contribution in [3.05, 3.63) is 83.3 Å². The molecule has 2 aliphatic heterocycles. The summed E-state index contributed by atoms with van der Waals surface area (Å²) in [6.45, 7) is 0.498. The summed E-state index contributed by atoms with van der Waals surface area (Å²) in [5, 5.41) is 2.18. The number of thioether (sulfide) groups is 1. The highest BCUT2D eigenvalue weighted by molar-refractivity contribution is 8.18. The smallest absolute Gasteiger partial charge is 0.294 e. The van der Waals surface area contributed by atoms with Crippen molar-refractivity contribution in [1.29, 1.82) is 0 Å². The molecule has 0 saturated carbocycles. The van der Waals surface area contributed by atoms with E-state index in [-0.39, 0.29) is 4.91 Å². The highest BCUT2D eigenvalue weighted by Crippen LogP contribution is 2.34. The van der Waals surface area contributed by atoms with Crippen molar-refractivity contribution in [2.24, 2.45) is 0 Å². The van der Waals surface area contributed by atoms with Gasteiger partial charge in [0.2, 0.25) is 5.91 Å². The Morgan fingerprint density at radius 2 is 1.71 bits per heavy atom. The van der Waals surface area contributed by atoms with Gasteiger partial charge < -0.3 is 19.5 Å². The van der Waals surface area contributed by atoms with Crippen LogP contribution in [0.1, 0.15) is 5.56 Å². The van der Waals surface area contributed by atoms with Gasteiger partial charge in [-0.3, -0.25) is 19.3 Å². The van der Waals surface area contributed by atoms with Gasteiger partial charge in [0.15, 0.2) is 11.5 Å². The second-order valence-corrected chi connectivity index (χ2v) is 8.66. The first kappa shape index (κ1) is 22.5. The Hall–Kier alpha value is -4.24. The SMILES string of the molecule is O=C(CN1C(=O)S/C(=C/c2cccc(Oc3ccccc3)c2)C1=O)Nc1ccc2c(c1)OCCO2. The Labute approximate surface area is 205 Å². The lowest BCUT2D eigenvalue weighted by molar-refractivity contribution is -0.127. The molecule has 3 amide bonds. The number of imide groups is 1. The molecule has 9 heteroatoms. The molecule has 3 aromatic carbocycles. The molecule has 1 saturated heterocycles. The number of hydrogen-bond acceptors (Lipinski definition) is 7. The van der Waals surface area contributed by atoms with Crippen molar-refractivity contribution in [2.45, 2.75) is 0 Å². The third kappa shape index (κ3) is 5.30. The molecule has 0 spiro atoms. The van der Waals surface area contributed by atoms with Gasteiger partial charge in [0.1, 0.15) is 31.3 Å². The number of fused-ring (bicyclic) bond motifs is 1. The number of carbonyl (C=O) groups excluding carboxylic acids is 3. The number of ether oxygens (including phenoxy) is 3. The summed E-state index contributed by atoms with van der Waals surface area (Å²) in [5.41, 5.74) is 1.18. The molecule has 5 rings (SSSR count). The summed E-state index contributed by atoms with van der Waals surface area (Å²) in [6.07, 6.45) is 1.61. The minimum atomic E-state index is -0.522. The molecule has 0 aliphatic carbocycles. The van der Waals surface area contributed by atoms with Crippen molar-refractivity contribution in [3.8, 4) is 23.0 Å². The highest BCUT2D eigenvalue weighted by Gasteiger charge is 2.36. The van der Waals surface area contributed by atoms with E-state index in [1.807, 2.05) is 30.3 Å². The molecule has 1 fully saturated rings. The fourth-order valence-electron chi connectivity index (χ4n) is 3.55. The predicted octanol–water partition coefficient (Wildman–Crippen LogP) is 4.93. The maximum absolute atomic E-state index is 12.8. The third-order valence-electron chi connectivity index (χ3n) is 5.14. The Balaban J connectivity index is 1.24. The first-order valence-corrected chi connectivity index (χ1v) is 11.6. The van der Waals surface area contributed by atoms with Gasteiger partial charge >= 0.3 is 0 Å². The number of hydrogen-bond donors (Lipinski definition) is 1. The molecule has 0 atom stereocenters. The number of amides is 3. The maximum atomic E-state index is 12.8. The van der Waals surface area contributed by atoms with E-state index in [1.54, 1.807) is 48.5 Å². The molecule has 176 valence electrons. The van der Waals surface area contributed by atoms with Gasteiger partial charge in [0, 0.05) is 11.8 Å². The molecule has 0 unspecified atom stereocenters. The van der Waals surface area contributed by atoms with Gasteiger partial charge in [-0.25, -0.2) is 0 Å². The van der Waals surface area contributed by atoms with Gasteiger partial charge in [-0.1, -0.05) is 30.3 Å². The summed E-state index contributed by atoms with van der Waals surface area (Å²) in [4.78, 5) is 39.0. The first-order chi connectivity index (χ1) is 17.0. The lowest BCUT2D eigenvalue weighted by Crippen LogP contribution is -2.36. The monoisotopic (exact) mass is 488 g/mol. The van der Waals surface area contributed by atoms with Crippen LogP contribution >= 0.6 is 11.8 Å². The van der Waals surface area contributed by atoms with Crippen LogP contribution in [0.15, 0.2) is 77.7 Å². The zero-order valence-corrected chi connectivity index (χ0v) is 19.2. The predicted molar refractivity (Wildman–Crippen MR) is 132 cm³/mol. The number of anilines is 1. The van der Waals surface area contributed by atoms with Gasteiger partial charge in [0.25, 0.3) is 11.1 Å². The van der Waals surface area contributed by atoms with Crippen LogP contribution in [0.5, 0.6) is 23.0 Å². The summed E-state index contributed by atoms with van der Waals surface area (Å²) in [7, 11) is 0. The van der Waals surface area contributed by atoms with Gasteiger partial charge in [-0.15, -0.1) is 0 Å². The average molecular weight is 489 g/mol. The molecule has 0 bridgehead atoms.